The fraction of sp³-hybridized carbons (Fsp3) is 0.571. The van der Waals surface area contributed by atoms with Gasteiger partial charge in [-0.15, -0.1) is 0 Å². The first kappa shape index (κ1) is 15.3. The molecule has 1 aromatic rings. The van der Waals surface area contributed by atoms with Crippen molar-refractivity contribution in [2.45, 2.75) is 26.2 Å². The molecule has 0 radical (unpaired) electrons. The van der Waals surface area contributed by atoms with Crippen LogP contribution in [0.1, 0.15) is 25.3 Å². The van der Waals surface area contributed by atoms with Crippen LogP contribution in [0.15, 0.2) is 24.3 Å². The topological polar surface area (TPSA) is 75.4 Å². The zero-order valence-electron chi connectivity index (χ0n) is 11.9. The average Bonchev–Trinajstić information content (AvgIpc) is 2.41. The maximum Gasteiger partial charge on any atom is 0.279 e. The molecule has 20 heavy (non-hydrogen) atoms. The molecule has 0 spiro atoms. The number of hydrogen-bond donors (Lipinski definition) is 2. The molecule has 6 heteroatoms. The number of anilines is 1. The SMILES string of the molecule is CC1CCN(S(=O)(=O)NCCc2ccc(N)cc2)CC1. The Hall–Kier alpha value is -1.11. The summed E-state index contributed by atoms with van der Waals surface area (Å²) >= 11 is 0. The highest BCUT2D eigenvalue weighted by atomic mass is 32.2. The zero-order valence-corrected chi connectivity index (χ0v) is 12.7. The van der Waals surface area contributed by atoms with Gasteiger partial charge in [-0.1, -0.05) is 19.1 Å². The van der Waals surface area contributed by atoms with E-state index in [1.165, 1.54) is 0 Å². The lowest BCUT2D eigenvalue weighted by atomic mass is 10.0. The predicted octanol–water partition coefficient (Wildman–Crippen LogP) is 1.38. The number of nitrogens with zero attached hydrogens (tertiary/aromatic N) is 1. The fourth-order valence-electron chi connectivity index (χ4n) is 2.33. The normalized spacial score (nSPS) is 18.2. The van der Waals surface area contributed by atoms with Gasteiger partial charge >= 0.3 is 0 Å². The highest BCUT2D eigenvalue weighted by Gasteiger charge is 2.25. The quantitative estimate of drug-likeness (QED) is 0.806. The van der Waals surface area contributed by atoms with Gasteiger partial charge in [-0.3, -0.25) is 0 Å². The van der Waals surface area contributed by atoms with Crippen molar-refractivity contribution >= 4 is 15.9 Å². The maximum atomic E-state index is 12.1. The second kappa shape index (κ2) is 6.56. The van der Waals surface area contributed by atoms with Gasteiger partial charge < -0.3 is 5.73 Å². The summed E-state index contributed by atoms with van der Waals surface area (Å²) in [4.78, 5) is 0. The second-order valence-electron chi connectivity index (χ2n) is 5.47. The Kier molecular flexibility index (Phi) is 5.01. The Morgan fingerprint density at radius 1 is 1.25 bits per heavy atom. The van der Waals surface area contributed by atoms with E-state index in [4.69, 9.17) is 5.73 Å². The summed E-state index contributed by atoms with van der Waals surface area (Å²) in [6.45, 7) is 3.83. The zero-order chi connectivity index (χ0) is 14.6. The highest BCUT2D eigenvalue weighted by Crippen LogP contribution is 2.17. The Balaban J connectivity index is 1.82. The molecule has 1 saturated heterocycles. The van der Waals surface area contributed by atoms with Crippen molar-refractivity contribution in [2.75, 3.05) is 25.4 Å². The van der Waals surface area contributed by atoms with Crippen LogP contribution in [0.2, 0.25) is 0 Å². The van der Waals surface area contributed by atoms with Gasteiger partial charge in [-0.05, 0) is 42.9 Å². The molecule has 1 fully saturated rings. The van der Waals surface area contributed by atoms with Crippen LogP contribution in [0.3, 0.4) is 0 Å². The summed E-state index contributed by atoms with van der Waals surface area (Å²) in [6, 6.07) is 7.50. The third kappa shape index (κ3) is 4.19. The van der Waals surface area contributed by atoms with Crippen LogP contribution in [0.5, 0.6) is 0 Å². The first-order chi connectivity index (χ1) is 9.47. The van der Waals surface area contributed by atoms with Crippen LogP contribution < -0.4 is 10.5 Å². The molecule has 1 heterocycles. The molecule has 0 aliphatic carbocycles. The molecular weight excluding hydrogens is 274 g/mol. The molecule has 0 amide bonds. The average molecular weight is 297 g/mol. The lowest BCUT2D eigenvalue weighted by Crippen LogP contribution is -2.45. The first-order valence-electron chi connectivity index (χ1n) is 7.06. The van der Waals surface area contributed by atoms with Crippen molar-refractivity contribution in [2.24, 2.45) is 5.92 Å². The summed E-state index contributed by atoms with van der Waals surface area (Å²) < 4.78 is 28.5. The smallest absolute Gasteiger partial charge is 0.279 e. The lowest BCUT2D eigenvalue weighted by molar-refractivity contribution is 0.285. The van der Waals surface area contributed by atoms with Crippen LogP contribution in [0.25, 0.3) is 0 Å². The van der Waals surface area contributed by atoms with E-state index in [1.54, 1.807) is 4.31 Å². The van der Waals surface area contributed by atoms with E-state index in [2.05, 4.69) is 11.6 Å². The Morgan fingerprint density at radius 2 is 1.85 bits per heavy atom. The van der Waals surface area contributed by atoms with E-state index in [1.807, 2.05) is 24.3 Å². The summed E-state index contributed by atoms with van der Waals surface area (Å²) in [5, 5.41) is 0. The molecule has 0 bridgehead atoms. The van der Waals surface area contributed by atoms with Crippen molar-refractivity contribution < 1.29 is 8.42 Å². The van der Waals surface area contributed by atoms with Gasteiger partial charge in [0, 0.05) is 25.3 Å². The van der Waals surface area contributed by atoms with Crippen LogP contribution in [0, 0.1) is 5.92 Å². The third-order valence-corrected chi connectivity index (χ3v) is 5.37. The van der Waals surface area contributed by atoms with Crippen LogP contribution in [-0.2, 0) is 16.6 Å². The van der Waals surface area contributed by atoms with E-state index in [9.17, 15) is 8.42 Å². The Morgan fingerprint density at radius 3 is 2.45 bits per heavy atom. The van der Waals surface area contributed by atoms with Crippen molar-refractivity contribution in [1.82, 2.24) is 9.03 Å². The minimum atomic E-state index is -3.33. The summed E-state index contributed by atoms with van der Waals surface area (Å²) in [5.41, 5.74) is 7.41. The largest absolute Gasteiger partial charge is 0.399 e. The van der Waals surface area contributed by atoms with Gasteiger partial charge in [0.2, 0.25) is 0 Å². The number of benzene rings is 1. The molecule has 1 aliphatic rings. The van der Waals surface area contributed by atoms with Gasteiger partial charge in [0.05, 0.1) is 0 Å². The predicted molar refractivity (Wildman–Crippen MR) is 81.5 cm³/mol. The number of nitrogen functional groups attached to an aromatic ring is 1. The van der Waals surface area contributed by atoms with E-state index in [0.29, 0.717) is 32.0 Å². The number of rotatable bonds is 5. The van der Waals surface area contributed by atoms with Gasteiger partial charge in [0.15, 0.2) is 0 Å². The van der Waals surface area contributed by atoms with Gasteiger partial charge in [0.25, 0.3) is 10.2 Å². The summed E-state index contributed by atoms with van der Waals surface area (Å²) in [6.07, 6.45) is 2.56. The number of nitrogens with one attached hydrogen (secondary N) is 1. The van der Waals surface area contributed by atoms with E-state index in [0.717, 1.165) is 24.1 Å². The van der Waals surface area contributed by atoms with Crippen LogP contribution in [-0.4, -0.2) is 32.4 Å². The van der Waals surface area contributed by atoms with Crippen molar-refractivity contribution in [1.29, 1.82) is 0 Å². The maximum absolute atomic E-state index is 12.1. The molecule has 112 valence electrons. The van der Waals surface area contributed by atoms with E-state index in [-0.39, 0.29) is 0 Å². The Labute approximate surface area is 121 Å². The lowest BCUT2D eigenvalue weighted by Gasteiger charge is -2.29. The van der Waals surface area contributed by atoms with Crippen molar-refractivity contribution in [3.8, 4) is 0 Å². The first-order valence-corrected chi connectivity index (χ1v) is 8.50. The molecule has 1 aromatic carbocycles. The monoisotopic (exact) mass is 297 g/mol. The number of nitrogens with two attached hydrogens (primary N) is 1. The molecular formula is C14H23N3O2S. The summed E-state index contributed by atoms with van der Waals surface area (Å²) in [7, 11) is -3.33. The highest BCUT2D eigenvalue weighted by molar-refractivity contribution is 7.87. The molecule has 1 aliphatic heterocycles. The molecule has 0 unspecified atom stereocenters. The van der Waals surface area contributed by atoms with Gasteiger partial charge in [-0.25, -0.2) is 4.72 Å². The van der Waals surface area contributed by atoms with Gasteiger partial charge in [0.1, 0.15) is 0 Å². The summed E-state index contributed by atoms with van der Waals surface area (Å²) in [5.74, 6) is 0.622. The molecule has 5 nitrogen and oxygen atoms in total. The third-order valence-electron chi connectivity index (χ3n) is 3.76. The van der Waals surface area contributed by atoms with Crippen LogP contribution >= 0.6 is 0 Å². The molecule has 3 N–H and O–H groups in total. The second-order valence-corrected chi connectivity index (χ2v) is 7.23. The van der Waals surface area contributed by atoms with Crippen LogP contribution in [0.4, 0.5) is 5.69 Å². The van der Waals surface area contributed by atoms with Crippen molar-refractivity contribution in [3.63, 3.8) is 0 Å². The fourth-order valence-corrected chi connectivity index (χ4v) is 3.56. The Bertz CT molecular complexity index is 520. The van der Waals surface area contributed by atoms with Gasteiger partial charge in [-0.2, -0.15) is 12.7 Å². The van der Waals surface area contributed by atoms with Crippen molar-refractivity contribution in [3.05, 3.63) is 29.8 Å². The molecule has 0 saturated carbocycles. The van der Waals surface area contributed by atoms with E-state index < -0.39 is 10.2 Å². The van der Waals surface area contributed by atoms with E-state index >= 15 is 0 Å². The number of hydrogen-bond acceptors (Lipinski definition) is 3. The minimum Gasteiger partial charge on any atom is -0.399 e. The standard InChI is InChI=1S/C14H23N3O2S/c1-12-7-10-17(11-8-12)20(18,19)16-9-6-13-2-4-14(15)5-3-13/h2-5,12,16H,6-11,15H2,1H3. The number of piperidine rings is 1. The molecule has 0 aromatic heterocycles. The minimum absolute atomic E-state index is 0.415. The molecule has 0 atom stereocenters. The molecule has 2 rings (SSSR count).